The fraction of sp³-hybridized carbons (Fsp3) is 0.227. The van der Waals surface area contributed by atoms with E-state index in [2.05, 4.69) is 36.5 Å². The average Bonchev–Trinajstić information content (AvgIpc) is 3.32. The van der Waals surface area contributed by atoms with Gasteiger partial charge in [-0.2, -0.15) is 0 Å². The Hall–Kier alpha value is -2.46. The van der Waals surface area contributed by atoms with E-state index in [-0.39, 0.29) is 27.7 Å². The van der Waals surface area contributed by atoms with E-state index >= 15 is 0 Å². The molecular weight excluding hydrogens is 538 g/mol. The predicted octanol–water partition coefficient (Wildman–Crippen LogP) is 5.88. The number of ether oxygens (including phenoxy) is 2. The minimum absolute atomic E-state index is 0.0960. The van der Waals surface area contributed by atoms with Crippen molar-refractivity contribution in [2.24, 2.45) is 0 Å². The van der Waals surface area contributed by atoms with Gasteiger partial charge >= 0.3 is 0 Å². The number of nitrogens with zero attached hydrogens (tertiary/aromatic N) is 2. The molecule has 0 spiro atoms. The van der Waals surface area contributed by atoms with Crippen LogP contribution in [0.3, 0.4) is 0 Å². The summed E-state index contributed by atoms with van der Waals surface area (Å²) in [5, 5.41) is 6.74. The SMILES string of the molecule is O=C(C=CCBr)Nc1cc2c(Nc3ccc(Cl)c(Cl)c3F)ncnc2cc1OC1CCOC1. The van der Waals surface area contributed by atoms with Crippen molar-refractivity contribution in [3.05, 3.63) is 58.6 Å². The number of rotatable bonds is 7. The average molecular weight is 556 g/mol. The van der Waals surface area contributed by atoms with Crippen LogP contribution in [0.25, 0.3) is 10.9 Å². The Morgan fingerprint density at radius 2 is 2.15 bits per heavy atom. The van der Waals surface area contributed by atoms with E-state index in [9.17, 15) is 9.18 Å². The topological polar surface area (TPSA) is 85.4 Å². The molecule has 2 N–H and O–H groups in total. The first-order chi connectivity index (χ1) is 16.0. The van der Waals surface area contributed by atoms with Crippen molar-refractivity contribution in [1.29, 1.82) is 0 Å². The predicted molar refractivity (Wildman–Crippen MR) is 131 cm³/mol. The summed E-state index contributed by atoms with van der Waals surface area (Å²) in [6, 6.07) is 6.33. The maximum absolute atomic E-state index is 14.6. The summed E-state index contributed by atoms with van der Waals surface area (Å²) in [6.45, 7) is 1.07. The van der Waals surface area contributed by atoms with Crippen molar-refractivity contribution in [1.82, 2.24) is 9.97 Å². The maximum Gasteiger partial charge on any atom is 0.248 e. The second-order valence-electron chi connectivity index (χ2n) is 7.09. The van der Waals surface area contributed by atoms with Crippen LogP contribution in [0.15, 0.2) is 42.7 Å². The summed E-state index contributed by atoms with van der Waals surface area (Å²) in [4.78, 5) is 20.9. The molecule has 1 saturated heterocycles. The molecule has 1 aliphatic rings. The van der Waals surface area contributed by atoms with E-state index in [1.54, 1.807) is 18.2 Å². The van der Waals surface area contributed by atoms with Crippen molar-refractivity contribution in [3.63, 3.8) is 0 Å². The largest absolute Gasteiger partial charge is 0.486 e. The van der Waals surface area contributed by atoms with Gasteiger partial charge in [0.15, 0.2) is 5.82 Å². The molecular formula is C22H18BrCl2FN4O3. The summed E-state index contributed by atoms with van der Waals surface area (Å²) in [5.41, 5.74) is 1.06. The number of aromatic nitrogens is 2. The summed E-state index contributed by atoms with van der Waals surface area (Å²) in [7, 11) is 0. The molecule has 2 aromatic carbocycles. The number of carbonyl (C=O) groups is 1. The molecule has 1 aromatic heterocycles. The van der Waals surface area contributed by atoms with Gasteiger partial charge in [-0.1, -0.05) is 45.2 Å². The van der Waals surface area contributed by atoms with E-state index in [0.29, 0.717) is 46.7 Å². The fourth-order valence-electron chi connectivity index (χ4n) is 3.24. The highest BCUT2D eigenvalue weighted by Crippen LogP contribution is 2.36. The Morgan fingerprint density at radius 1 is 1.30 bits per heavy atom. The zero-order chi connectivity index (χ0) is 23.4. The summed E-state index contributed by atoms with van der Waals surface area (Å²) < 4.78 is 26.1. The van der Waals surface area contributed by atoms with Crippen LogP contribution in [0, 0.1) is 5.82 Å². The number of fused-ring (bicyclic) bond motifs is 1. The van der Waals surface area contributed by atoms with E-state index in [0.717, 1.165) is 6.42 Å². The number of carbonyl (C=O) groups excluding carboxylic acids is 1. The van der Waals surface area contributed by atoms with Gasteiger partial charge in [0.25, 0.3) is 0 Å². The monoisotopic (exact) mass is 554 g/mol. The van der Waals surface area contributed by atoms with Crippen molar-refractivity contribution in [3.8, 4) is 5.75 Å². The molecule has 1 amide bonds. The normalized spacial score (nSPS) is 15.8. The van der Waals surface area contributed by atoms with E-state index in [1.807, 2.05) is 0 Å². The highest BCUT2D eigenvalue weighted by molar-refractivity contribution is 9.09. The first-order valence-corrected chi connectivity index (χ1v) is 11.8. The summed E-state index contributed by atoms with van der Waals surface area (Å²) in [6.07, 6.45) is 5.03. The number of hydrogen-bond donors (Lipinski definition) is 2. The van der Waals surface area contributed by atoms with Crippen LogP contribution < -0.4 is 15.4 Å². The third-order valence-corrected chi connectivity index (χ3v) is 5.98. The molecule has 0 aliphatic carbocycles. The fourth-order valence-corrected chi connectivity index (χ4v) is 3.74. The van der Waals surface area contributed by atoms with Crippen LogP contribution in [-0.4, -0.2) is 40.5 Å². The lowest BCUT2D eigenvalue weighted by Gasteiger charge is -2.18. The van der Waals surface area contributed by atoms with Gasteiger partial charge in [0.05, 0.1) is 40.2 Å². The van der Waals surface area contributed by atoms with Gasteiger partial charge in [-0.3, -0.25) is 4.79 Å². The van der Waals surface area contributed by atoms with Crippen LogP contribution in [0.4, 0.5) is 21.6 Å². The quantitative estimate of drug-likeness (QED) is 0.215. The second kappa shape index (κ2) is 10.6. The van der Waals surface area contributed by atoms with E-state index in [4.69, 9.17) is 32.7 Å². The Balaban J connectivity index is 1.74. The number of alkyl halides is 1. The highest BCUT2D eigenvalue weighted by Gasteiger charge is 2.21. The number of hydrogen-bond acceptors (Lipinski definition) is 6. The Kier molecular flexibility index (Phi) is 7.64. The summed E-state index contributed by atoms with van der Waals surface area (Å²) in [5.74, 6) is -0.266. The number of halogens is 4. The molecule has 1 unspecified atom stereocenters. The molecule has 3 aromatic rings. The van der Waals surface area contributed by atoms with Gasteiger partial charge in [-0.05, 0) is 18.2 Å². The van der Waals surface area contributed by atoms with Gasteiger partial charge in [0.1, 0.15) is 24.0 Å². The second-order valence-corrected chi connectivity index (χ2v) is 8.52. The van der Waals surface area contributed by atoms with Crippen LogP contribution in [-0.2, 0) is 9.53 Å². The van der Waals surface area contributed by atoms with E-state index < -0.39 is 5.82 Å². The lowest BCUT2D eigenvalue weighted by atomic mass is 10.1. The number of nitrogens with one attached hydrogen (secondary N) is 2. The number of amides is 1. The first-order valence-electron chi connectivity index (χ1n) is 9.93. The third kappa shape index (κ3) is 5.55. The lowest BCUT2D eigenvalue weighted by molar-refractivity contribution is -0.111. The molecule has 172 valence electrons. The molecule has 2 heterocycles. The van der Waals surface area contributed by atoms with Crippen molar-refractivity contribution < 1.29 is 18.7 Å². The van der Waals surface area contributed by atoms with Gasteiger partial charge in [0.2, 0.25) is 5.91 Å². The zero-order valence-corrected chi connectivity index (χ0v) is 20.2. The number of allylic oxidation sites excluding steroid dienone is 1. The molecule has 1 fully saturated rings. The molecule has 0 bridgehead atoms. The van der Waals surface area contributed by atoms with Crippen molar-refractivity contribution >= 4 is 73.1 Å². The Labute approximate surface area is 207 Å². The van der Waals surface area contributed by atoms with Crippen molar-refractivity contribution in [2.45, 2.75) is 12.5 Å². The lowest BCUT2D eigenvalue weighted by Crippen LogP contribution is -2.18. The molecule has 0 saturated carbocycles. The maximum atomic E-state index is 14.6. The minimum atomic E-state index is -0.703. The number of benzene rings is 2. The zero-order valence-electron chi connectivity index (χ0n) is 17.1. The molecule has 33 heavy (non-hydrogen) atoms. The van der Waals surface area contributed by atoms with Gasteiger partial charge in [-0.15, -0.1) is 0 Å². The van der Waals surface area contributed by atoms with Gasteiger partial charge in [-0.25, -0.2) is 14.4 Å². The van der Waals surface area contributed by atoms with Crippen LogP contribution in [0.2, 0.25) is 10.0 Å². The molecule has 1 atom stereocenters. The van der Waals surface area contributed by atoms with E-state index in [1.165, 1.54) is 24.5 Å². The molecule has 7 nitrogen and oxygen atoms in total. The minimum Gasteiger partial charge on any atom is -0.486 e. The third-order valence-electron chi connectivity index (χ3n) is 4.82. The molecule has 4 rings (SSSR count). The number of anilines is 3. The molecule has 1 aliphatic heterocycles. The Bertz CT molecular complexity index is 1220. The standard InChI is InChI=1S/C22H18BrCl2FN4O3/c23-6-1-2-19(31)29-17-8-13-16(9-18(17)33-12-5-7-32-10-12)27-11-28-22(13)30-15-4-3-14(24)20(25)21(15)26/h1-4,8-9,11-12H,5-7,10H2,(H,29,31)(H,27,28,30). The van der Waals surface area contributed by atoms with Gasteiger partial charge < -0.3 is 20.1 Å². The molecule has 11 heteroatoms. The Morgan fingerprint density at radius 3 is 2.91 bits per heavy atom. The first kappa shape index (κ1) is 23.7. The highest BCUT2D eigenvalue weighted by atomic mass is 79.9. The van der Waals surface area contributed by atoms with Crippen molar-refractivity contribution in [2.75, 3.05) is 29.2 Å². The van der Waals surface area contributed by atoms with Crippen LogP contribution >= 0.6 is 39.1 Å². The van der Waals surface area contributed by atoms with Gasteiger partial charge in [0, 0.05) is 29.3 Å². The van der Waals surface area contributed by atoms with Crippen LogP contribution in [0.1, 0.15) is 6.42 Å². The van der Waals surface area contributed by atoms with Crippen LogP contribution in [0.5, 0.6) is 5.75 Å². The summed E-state index contributed by atoms with van der Waals surface area (Å²) >= 11 is 15.1. The molecule has 0 radical (unpaired) electrons. The smallest absolute Gasteiger partial charge is 0.248 e.